The van der Waals surface area contributed by atoms with Crippen molar-refractivity contribution < 1.29 is 10.0 Å². The fourth-order valence-electron chi connectivity index (χ4n) is 2.11. The highest BCUT2D eigenvalue weighted by molar-refractivity contribution is 5.89. The molecule has 2 aromatic rings. The first-order valence-electron chi connectivity index (χ1n) is 6.28. The normalized spacial score (nSPS) is 12.8. The number of fused-ring (bicyclic) bond motifs is 1. The molecule has 0 bridgehead atoms. The van der Waals surface area contributed by atoms with E-state index in [1.165, 1.54) is 18.3 Å². The SMILES string of the molecule is O=[N+]([O-])c1cccc(C=Nc2ccc3c(c2)C=NC3)c1O. The number of aliphatic imine (C=N–C) groups is 2. The van der Waals surface area contributed by atoms with E-state index in [-0.39, 0.29) is 11.4 Å². The molecular weight excluding hydrogens is 270 g/mol. The smallest absolute Gasteiger partial charge is 0.311 e. The van der Waals surface area contributed by atoms with Crippen molar-refractivity contribution in [2.45, 2.75) is 6.54 Å². The zero-order valence-electron chi connectivity index (χ0n) is 10.9. The third-order valence-electron chi connectivity index (χ3n) is 3.22. The monoisotopic (exact) mass is 281 g/mol. The lowest BCUT2D eigenvalue weighted by Crippen LogP contribution is -1.91. The lowest BCUT2D eigenvalue weighted by atomic mass is 10.1. The first kappa shape index (κ1) is 13.0. The summed E-state index contributed by atoms with van der Waals surface area (Å²) in [5.41, 5.74) is 2.84. The summed E-state index contributed by atoms with van der Waals surface area (Å²) in [5.74, 6) is -0.381. The molecule has 21 heavy (non-hydrogen) atoms. The van der Waals surface area contributed by atoms with Crippen molar-refractivity contribution in [1.29, 1.82) is 0 Å². The number of phenolic OH excluding ortho intramolecular Hbond substituents is 1. The molecule has 0 radical (unpaired) electrons. The summed E-state index contributed by atoms with van der Waals surface area (Å²) < 4.78 is 0. The Kier molecular flexibility index (Phi) is 3.19. The van der Waals surface area contributed by atoms with Gasteiger partial charge < -0.3 is 5.11 Å². The van der Waals surface area contributed by atoms with Crippen LogP contribution in [-0.2, 0) is 6.54 Å². The first-order chi connectivity index (χ1) is 10.1. The van der Waals surface area contributed by atoms with Crippen LogP contribution >= 0.6 is 0 Å². The second-order valence-corrected chi connectivity index (χ2v) is 4.58. The fourth-order valence-corrected chi connectivity index (χ4v) is 2.11. The summed E-state index contributed by atoms with van der Waals surface area (Å²) in [6.45, 7) is 0.686. The molecular formula is C15H11N3O3. The van der Waals surface area contributed by atoms with Crippen LogP contribution in [0.5, 0.6) is 5.75 Å². The molecule has 0 aliphatic carbocycles. The van der Waals surface area contributed by atoms with Gasteiger partial charge in [-0.05, 0) is 29.3 Å². The van der Waals surface area contributed by atoms with Gasteiger partial charge in [0, 0.05) is 24.1 Å². The van der Waals surface area contributed by atoms with Crippen LogP contribution in [-0.4, -0.2) is 22.5 Å². The molecule has 0 fully saturated rings. The maximum Gasteiger partial charge on any atom is 0.311 e. The highest BCUT2D eigenvalue weighted by Gasteiger charge is 2.15. The Morgan fingerprint density at radius 1 is 1.33 bits per heavy atom. The Labute approximate surface area is 120 Å². The summed E-state index contributed by atoms with van der Waals surface area (Å²) >= 11 is 0. The summed E-state index contributed by atoms with van der Waals surface area (Å²) in [4.78, 5) is 18.5. The summed E-state index contributed by atoms with van der Waals surface area (Å²) in [7, 11) is 0. The number of nitro groups is 1. The minimum Gasteiger partial charge on any atom is -0.502 e. The third kappa shape index (κ3) is 2.51. The first-order valence-corrected chi connectivity index (χ1v) is 6.28. The molecule has 2 aromatic carbocycles. The van der Waals surface area contributed by atoms with Gasteiger partial charge in [-0.15, -0.1) is 0 Å². The molecule has 0 atom stereocenters. The van der Waals surface area contributed by atoms with Gasteiger partial charge >= 0.3 is 5.69 Å². The molecule has 0 unspecified atom stereocenters. The molecule has 0 saturated heterocycles. The quantitative estimate of drug-likeness (QED) is 0.533. The van der Waals surface area contributed by atoms with Crippen molar-refractivity contribution in [2.24, 2.45) is 9.98 Å². The molecule has 1 heterocycles. The van der Waals surface area contributed by atoms with Gasteiger partial charge in [0.25, 0.3) is 0 Å². The van der Waals surface area contributed by atoms with Gasteiger partial charge in [-0.2, -0.15) is 0 Å². The lowest BCUT2D eigenvalue weighted by molar-refractivity contribution is -0.385. The van der Waals surface area contributed by atoms with E-state index in [9.17, 15) is 15.2 Å². The summed E-state index contributed by atoms with van der Waals surface area (Å²) in [6, 6.07) is 10.0. The standard InChI is InChI=1S/C15H11N3O3/c19-15-11(2-1-3-14(15)18(20)21)9-17-13-5-4-10-7-16-8-12(10)6-13/h1-6,8-9,19H,7H2. The number of benzene rings is 2. The van der Waals surface area contributed by atoms with E-state index in [0.29, 0.717) is 17.8 Å². The van der Waals surface area contributed by atoms with Crippen molar-refractivity contribution in [2.75, 3.05) is 0 Å². The fraction of sp³-hybridized carbons (Fsp3) is 0.0667. The zero-order chi connectivity index (χ0) is 14.8. The average Bonchev–Trinajstić information content (AvgIpc) is 2.93. The largest absolute Gasteiger partial charge is 0.502 e. The van der Waals surface area contributed by atoms with Crippen molar-refractivity contribution in [3.63, 3.8) is 0 Å². The van der Waals surface area contributed by atoms with Gasteiger partial charge in [0.15, 0.2) is 0 Å². The van der Waals surface area contributed by atoms with E-state index in [1.807, 2.05) is 18.2 Å². The molecule has 6 heteroatoms. The average molecular weight is 281 g/mol. The highest BCUT2D eigenvalue weighted by atomic mass is 16.6. The van der Waals surface area contributed by atoms with Gasteiger partial charge in [-0.25, -0.2) is 0 Å². The van der Waals surface area contributed by atoms with E-state index in [1.54, 1.807) is 12.3 Å². The zero-order valence-corrected chi connectivity index (χ0v) is 10.9. The lowest BCUT2D eigenvalue weighted by Gasteiger charge is -2.01. The molecule has 6 nitrogen and oxygen atoms in total. The Hall–Kier alpha value is -3.02. The molecule has 0 aromatic heterocycles. The van der Waals surface area contributed by atoms with Gasteiger partial charge in [-0.3, -0.25) is 20.1 Å². The topological polar surface area (TPSA) is 88.1 Å². The highest BCUT2D eigenvalue weighted by Crippen LogP contribution is 2.28. The second kappa shape index (κ2) is 5.16. The molecule has 1 aliphatic rings. The Bertz CT molecular complexity index is 782. The molecule has 0 spiro atoms. The Morgan fingerprint density at radius 3 is 3.00 bits per heavy atom. The number of phenols is 1. The number of hydrogen-bond donors (Lipinski definition) is 1. The van der Waals surface area contributed by atoms with Crippen molar-refractivity contribution in [3.05, 3.63) is 63.2 Å². The van der Waals surface area contributed by atoms with E-state index < -0.39 is 4.92 Å². The van der Waals surface area contributed by atoms with Gasteiger partial charge in [-0.1, -0.05) is 12.1 Å². The van der Waals surface area contributed by atoms with Crippen LogP contribution in [0.2, 0.25) is 0 Å². The number of aromatic hydroxyl groups is 1. The maximum absolute atomic E-state index is 10.8. The van der Waals surface area contributed by atoms with E-state index >= 15 is 0 Å². The van der Waals surface area contributed by atoms with Gasteiger partial charge in [0.05, 0.1) is 17.2 Å². The molecule has 3 rings (SSSR count). The molecule has 0 saturated carbocycles. The summed E-state index contributed by atoms with van der Waals surface area (Å²) in [5, 5.41) is 20.6. The third-order valence-corrected chi connectivity index (χ3v) is 3.22. The Balaban J connectivity index is 1.91. The van der Waals surface area contributed by atoms with E-state index in [0.717, 1.165) is 11.1 Å². The van der Waals surface area contributed by atoms with Crippen LogP contribution in [0.25, 0.3) is 0 Å². The predicted molar refractivity (Wildman–Crippen MR) is 79.8 cm³/mol. The van der Waals surface area contributed by atoms with E-state index in [4.69, 9.17) is 0 Å². The molecule has 1 aliphatic heterocycles. The van der Waals surface area contributed by atoms with Crippen LogP contribution < -0.4 is 0 Å². The number of para-hydroxylation sites is 1. The van der Waals surface area contributed by atoms with Crippen LogP contribution in [0.3, 0.4) is 0 Å². The van der Waals surface area contributed by atoms with Gasteiger partial charge in [0.2, 0.25) is 5.75 Å². The Morgan fingerprint density at radius 2 is 2.19 bits per heavy atom. The molecule has 1 N–H and O–H groups in total. The van der Waals surface area contributed by atoms with Crippen LogP contribution in [0.4, 0.5) is 11.4 Å². The van der Waals surface area contributed by atoms with Crippen molar-refractivity contribution in [3.8, 4) is 5.75 Å². The van der Waals surface area contributed by atoms with Crippen molar-refractivity contribution in [1.82, 2.24) is 0 Å². The molecule has 104 valence electrons. The number of nitrogens with zero attached hydrogens (tertiary/aromatic N) is 3. The summed E-state index contributed by atoms with van der Waals surface area (Å²) in [6.07, 6.45) is 3.20. The second-order valence-electron chi connectivity index (χ2n) is 4.58. The van der Waals surface area contributed by atoms with Crippen LogP contribution in [0.1, 0.15) is 16.7 Å². The number of rotatable bonds is 3. The van der Waals surface area contributed by atoms with E-state index in [2.05, 4.69) is 9.98 Å². The number of hydrogen-bond acceptors (Lipinski definition) is 5. The number of nitro benzene ring substituents is 1. The maximum atomic E-state index is 10.8. The minimum atomic E-state index is -0.626. The predicted octanol–water partition coefficient (Wildman–Crippen LogP) is 2.98. The van der Waals surface area contributed by atoms with Gasteiger partial charge in [0.1, 0.15) is 0 Å². The molecule has 0 amide bonds. The van der Waals surface area contributed by atoms with Crippen LogP contribution in [0.15, 0.2) is 46.4 Å². The minimum absolute atomic E-state index is 0.304. The van der Waals surface area contributed by atoms with Crippen LogP contribution in [0, 0.1) is 10.1 Å². The van der Waals surface area contributed by atoms with Crippen molar-refractivity contribution >= 4 is 23.8 Å².